The predicted octanol–water partition coefficient (Wildman–Crippen LogP) is 5.36. The number of benzene rings is 2. The van der Waals surface area contributed by atoms with Crippen LogP contribution in [-0.4, -0.2) is 27.0 Å². The summed E-state index contributed by atoms with van der Waals surface area (Å²) in [5.74, 6) is 2.08. The molecule has 6 nitrogen and oxygen atoms in total. The Balaban J connectivity index is 1.66. The molecule has 0 radical (unpaired) electrons. The summed E-state index contributed by atoms with van der Waals surface area (Å²) in [4.78, 5) is 18.3. The molecule has 1 N–H and O–H groups in total. The van der Waals surface area contributed by atoms with Crippen molar-refractivity contribution < 1.29 is 4.74 Å². The smallest absolute Gasteiger partial charge is 0.163 e. The lowest BCUT2D eigenvalue weighted by Crippen LogP contribution is -2.00. The molecule has 0 aliphatic carbocycles. The van der Waals surface area contributed by atoms with Gasteiger partial charge in [0.2, 0.25) is 0 Å². The quantitative estimate of drug-likeness (QED) is 0.438. The van der Waals surface area contributed by atoms with Crippen molar-refractivity contribution in [2.45, 2.75) is 6.92 Å². The van der Waals surface area contributed by atoms with Crippen molar-refractivity contribution in [2.75, 3.05) is 12.4 Å². The molecule has 5 aromatic rings. The maximum absolute atomic E-state index is 5.40. The van der Waals surface area contributed by atoms with Crippen LogP contribution in [0.4, 0.5) is 11.5 Å². The Hall–Kier alpha value is -3.58. The number of aryl methyl sites for hydroxylation is 1. The predicted molar refractivity (Wildman–Crippen MR) is 117 cm³/mol. The van der Waals surface area contributed by atoms with Gasteiger partial charge in [0.25, 0.3) is 0 Å². The van der Waals surface area contributed by atoms with Crippen molar-refractivity contribution in [3.05, 3.63) is 65.9 Å². The molecule has 0 atom stereocenters. The molecule has 0 saturated carbocycles. The van der Waals surface area contributed by atoms with E-state index in [9.17, 15) is 0 Å². The van der Waals surface area contributed by atoms with Crippen molar-refractivity contribution in [2.24, 2.45) is 0 Å². The van der Waals surface area contributed by atoms with Gasteiger partial charge in [-0.2, -0.15) is 0 Å². The molecule has 3 heterocycles. The van der Waals surface area contributed by atoms with Gasteiger partial charge < -0.3 is 10.1 Å². The molecule has 142 valence electrons. The number of anilines is 2. The fraction of sp³-hybridized carbons (Fsp3) is 0.0909. The third-order valence-electron chi connectivity index (χ3n) is 4.58. The van der Waals surface area contributed by atoms with Crippen molar-refractivity contribution in [3.63, 3.8) is 0 Å². The molecule has 0 aliphatic heterocycles. The summed E-state index contributed by atoms with van der Waals surface area (Å²) in [7, 11) is 1.65. The first kappa shape index (κ1) is 17.5. The summed E-state index contributed by atoms with van der Waals surface area (Å²) < 4.78 is 6.57. The highest BCUT2D eigenvalue weighted by molar-refractivity contribution is 7.18. The number of thiazole rings is 1. The molecule has 0 aliphatic rings. The van der Waals surface area contributed by atoms with Crippen LogP contribution < -0.4 is 10.1 Å². The number of methoxy groups -OCH3 is 1. The molecule has 0 unspecified atom stereocenters. The van der Waals surface area contributed by atoms with E-state index >= 15 is 0 Å². The van der Waals surface area contributed by atoms with Crippen LogP contribution in [0.5, 0.6) is 5.75 Å². The number of hydrogen-bond acceptors (Lipinski definition) is 7. The van der Waals surface area contributed by atoms with Crippen LogP contribution in [0.1, 0.15) is 5.01 Å². The molecule has 0 amide bonds. The van der Waals surface area contributed by atoms with Crippen LogP contribution in [0.3, 0.4) is 0 Å². The first-order chi connectivity index (χ1) is 14.2. The van der Waals surface area contributed by atoms with Gasteiger partial charge in [-0.25, -0.2) is 15.0 Å². The van der Waals surface area contributed by atoms with E-state index in [1.807, 2.05) is 49.4 Å². The van der Waals surface area contributed by atoms with Crippen LogP contribution >= 0.6 is 11.3 Å². The largest absolute Gasteiger partial charge is 0.497 e. The molecule has 5 rings (SSSR count). The summed E-state index contributed by atoms with van der Waals surface area (Å²) in [5.41, 5.74) is 3.58. The SMILES string of the molecule is COc1ccc2nc(-c3cccnc3)nc(Nc3ccc4sc(C)nc4c3)c2c1. The van der Waals surface area contributed by atoms with E-state index in [0.29, 0.717) is 11.6 Å². The summed E-state index contributed by atoms with van der Waals surface area (Å²) >= 11 is 1.69. The van der Waals surface area contributed by atoms with Gasteiger partial charge in [0.05, 0.1) is 27.9 Å². The molecule has 7 heteroatoms. The van der Waals surface area contributed by atoms with E-state index in [4.69, 9.17) is 14.7 Å². The fourth-order valence-corrected chi connectivity index (χ4v) is 4.02. The van der Waals surface area contributed by atoms with E-state index in [2.05, 4.69) is 21.4 Å². The van der Waals surface area contributed by atoms with Gasteiger partial charge in [0, 0.05) is 29.0 Å². The number of ether oxygens (including phenoxy) is 1. The van der Waals surface area contributed by atoms with Crippen LogP contribution in [0.15, 0.2) is 60.9 Å². The summed E-state index contributed by atoms with van der Waals surface area (Å²) in [6.07, 6.45) is 3.50. The van der Waals surface area contributed by atoms with E-state index in [1.54, 1.807) is 30.8 Å². The fourth-order valence-electron chi connectivity index (χ4n) is 3.21. The number of pyridine rings is 1. The van der Waals surface area contributed by atoms with Crippen molar-refractivity contribution >= 4 is 44.0 Å². The topological polar surface area (TPSA) is 72.8 Å². The Morgan fingerprint density at radius 3 is 2.72 bits per heavy atom. The summed E-state index contributed by atoms with van der Waals surface area (Å²) in [6.45, 7) is 2.02. The third kappa shape index (κ3) is 3.36. The van der Waals surface area contributed by atoms with E-state index in [1.165, 1.54) is 4.70 Å². The van der Waals surface area contributed by atoms with Gasteiger partial charge in [-0.05, 0) is 55.5 Å². The second-order valence-electron chi connectivity index (χ2n) is 6.56. The van der Waals surface area contributed by atoms with Crippen LogP contribution in [0, 0.1) is 6.92 Å². The van der Waals surface area contributed by atoms with Crippen molar-refractivity contribution in [1.82, 2.24) is 19.9 Å². The van der Waals surface area contributed by atoms with Crippen LogP contribution in [0.2, 0.25) is 0 Å². The molecule has 29 heavy (non-hydrogen) atoms. The zero-order valence-electron chi connectivity index (χ0n) is 15.9. The molecule has 2 aromatic carbocycles. The maximum Gasteiger partial charge on any atom is 0.163 e. The van der Waals surface area contributed by atoms with Gasteiger partial charge in [-0.15, -0.1) is 11.3 Å². The van der Waals surface area contributed by atoms with Gasteiger partial charge in [-0.1, -0.05) is 0 Å². The van der Waals surface area contributed by atoms with Gasteiger partial charge in [-0.3, -0.25) is 4.98 Å². The number of nitrogens with one attached hydrogen (secondary N) is 1. The summed E-state index contributed by atoms with van der Waals surface area (Å²) in [6, 6.07) is 15.8. The summed E-state index contributed by atoms with van der Waals surface area (Å²) in [5, 5.41) is 5.38. The lowest BCUT2D eigenvalue weighted by molar-refractivity contribution is 0.415. The standard InChI is InChI=1S/C22H17N5OS/c1-13-24-19-10-15(5-8-20(19)29-13)25-22-17-11-16(28-2)6-7-18(17)26-21(27-22)14-4-3-9-23-12-14/h3-12H,1-2H3,(H,25,26,27). The Morgan fingerprint density at radius 2 is 1.90 bits per heavy atom. The Labute approximate surface area is 171 Å². The lowest BCUT2D eigenvalue weighted by atomic mass is 10.2. The lowest BCUT2D eigenvalue weighted by Gasteiger charge is -2.12. The Bertz CT molecular complexity index is 1330. The Kier molecular flexibility index (Phi) is 4.29. The normalized spacial score (nSPS) is 11.1. The maximum atomic E-state index is 5.40. The number of rotatable bonds is 4. The number of nitrogens with zero attached hydrogens (tertiary/aromatic N) is 4. The van der Waals surface area contributed by atoms with Crippen LogP contribution in [-0.2, 0) is 0 Å². The molecule has 3 aromatic heterocycles. The minimum absolute atomic E-state index is 0.615. The van der Waals surface area contributed by atoms with Gasteiger partial charge in [0.1, 0.15) is 11.6 Å². The molecular weight excluding hydrogens is 382 g/mol. The van der Waals surface area contributed by atoms with Gasteiger partial charge in [0.15, 0.2) is 5.82 Å². The highest BCUT2D eigenvalue weighted by atomic mass is 32.1. The van der Waals surface area contributed by atoms with Gasteiger partial charge >= 0.3 is 0 Å². The highest BCUT2D eigenvalue weighted by Gasteiger charge is 2.12. The number of aromatic nitrogens is 4. The minimum Gasteiger partial charge on any atom is -0.497 e. The molecular formula is C22H17N5OS. The molecule has 0 fully saturated rings. The number of hydrogen-bond donors (Lipinski definition) is 1. The zero-order valence-corrected chi connectivity index (χ0v) is 16.7. The molecule has 0 bridgehead atoms. The Morgan fingerprint density at radius 1 is 0.966 bits per heavy atom. The molecule has 0 saturated heterocycles. The third-order valence-corrected chi connectivity index (χ3v) is 5.53. The monoisotopic (exact) mass is 399 g/mol. The van der Waals surface area contributed by atoms with E-state index in [0.717, 1.165) is 38.4 Å². The van der Waals surface area contributed by atoms with Crippen molar-refractivity contribution in [1.29, 1.82) is 0 Å². The zero-order chi connectivity index (χ0) is 19.8. The second-order valence-corrected chi connectivity index (χ2v) is 7.80. The van der Waals surface area contributed by atoms with Crippen LogP contribution in [0.25, 0.3) is 32.5 Å². The first-order valence-electron chi connectivity index (χ1n) is 9.10. The average molecular weight is 399 g/mol. The van der Waals surface area contributed by atoms with Crippen molar-refractivity contribution in [3.8, 4) is 17.1 Å². The van der Waals surface area contributed by atoms with E-state index in [-0.39, 0.29) is 0 Å². The first-order valence-corrected chi connectivity index (χ1v) is 9.92. The minimum atomic E-state index is 0.615. The number of fused-ring (bicyclic) bond motifs is 2. The second kappa shape index (κ2) is 7.10. The van der Waals surface area contributed by atoms with E-state index < -0.39 is 0 Å². The molecule has 0 spiro atoms. The highest BCUT2D eigenvalue weighted by Crippen LogP contribution is 2.31. The average Bonchev–Trinajstić information content (AvgIpc) is 3.13.